The molecule has 0 bridgehead atoms. The zero-order chi connectivity index (χ0) is 13.4. The van der Waals surface area contributed by atoms with Crippen molar-refractivity contribution in [2.75, 3.05) is 20.2 Å². The number of carbonyl (C=O) groups excluding carboxylic acids is 1. The fraction of sp³-hybridized carbons (Fsp3) is 0.267. The van der Waals surface area contributed by atoms with Crippen molar-refractivity contribution in [2.24, 2.45) is 0 Å². The number of nitrogens with zero attached hydrogens (tertiary/aromatic N) is 1. The van der Waals surface area contributed by atoms with Crippen LogP contribution in [0.1, 0.15) is 11.6 Å². The van der Waals surface area contributed by atoms with Crippen molar-refractivity contribution < 1.29 is 9.53 Å². The van der Waals surface area contributed by atoms with E-state index in [9.17, 15) is 4.79 Å². The summed E-state index contributed by atoms with van der Waals surface area (Å²) in [6, 6.07) is 9.15. The van der Waals surface area contributed by atoms with Crippen LogP contribution in [0.3, 0.4) is 0 Å². The van der Waals surface area contributed by atoms with Crippen LogP contribution in [0.15, 0.2) is 55.6 Å². The average Bonchev–Trinajstić information content (AvgIpc) is 2.40. The maximum Gasteiger partial charge on any atom is 0.327 e. The molecule has 0 heterocycles. The van der Waals surface area contributed by atoms with Crippen LogP contribution in [0.2, 0.25) is 0 Å². The molecule has 0 saturated carbocycles. The Morgan fingerprint density at radius 2 is 1.83 bits per heavy atom. The molecule has 1 rings (SSSR count). The molecule has 0 aliphatic carbocycles. The lowest BCUT2D eigenvalue weighted by molar-refractivity contribution is -0.146. The van der Waals surface area contributed by atoms with Crippen molar-refractivity contribution in [1.82, 2.24) is 4.90 Å². The van der Waals surface area contributed by atoms with Gasteiger partial charge in [-0.15, -0.1) is 13.2 Å². The molecular formula is C15H19NO2. The number of rotatable bonds is 7. The Hall–Kier alpha value is -1.87. The van der Waals surface area contributed by atoms with Gasteiger partial charge in [-0.3, -0.25) is 4.90 Å². The molecule has 3 nitrogen and oxygen atoms in total. The number of hydrogen-bond acceptors (Lipinski definition) is 3. The van der Waals surface area contributed by atoms with E-state index in [-0.39, 0.29) is 5.97 Å². The highest BCUT2D eigenvalue weighted by Crippen LogP contribution is 2.21. The average molecular weight is 245 g/mol. The number of hydrogen-bond donors (Lipinski definition) is 0. The molecule has 1 unspecified atom stereocenters. The second kappa shape index (κ2) is 7.45. The van der Waals surface area contributed by atoms with Crippen molar-refractivity contribution in [3.8, 4) is 0 Å². The Morgan fingerprint density at radius 1 is 1.28 bits per heavy atom. The molecule has 3 heteroatoms. The van der Waals surface area contributed by atoms with Crippen LogP contribution in [0.5, 0.6) is 0 Å². The first-order valence-corrected chi connectivity index (χ1v) is 5.83. The van der Waals surface area contributed by atoms with Gasteiger partial charge in [0.2, 0.25) is 0 Å². The molecule has 96 valence electrons. The van der Waals surface area contributed by atoms with Gasteiger partial charge >= 0.3 is 5.97 Å². The third-order valence-corrected chi connectivity index (χ3v) is 2.63. The molecular weight excluding hydrogens is 226 g/mol. The van der Waals surface area contributed by atoms with Crippen LogP contribution in [-0.2, 0) is 9.53 Å². The Balaban J connectivity index is 3.06. The summed E-state index contributed by atoms with van der Waals surface area (Å²) < 4.78 is 4.89. The molecule has 1 aromatic carbocycles. The van der Waals surface area contributed by atoms with E-state index in [0.717, 1.165) is 5.56 Å². The predicted octanol–water partition coefficient (Wildman–Crippen LogP) is 2.57. The number of benzene rings is 1. The summed E-state index contributed by atoms with van der Waals surface area (Å²) >= 11 is 0. The molecule has 0 aromatic heterocycles. The first kappa shape index (κ1) is 14.2. The van der Waals surface area contributed by atoms with Crippen LogP contribution < -0.4 is 0 Å². The minimum Gasteiger partial charge on any atom is -0.468 e. The maximum absolute atomic E-state index is 12.0. The Kier molecular flexibility index (Phi) is 5.88. The van der Waals surface area contributed by atoms with Crippen LogP contribution in [0, 0.1) is 0 Å². The van der Waals surface area contributed by atoms with Crippen molar-refractivity contribution in [3.05, 3.63) is 61.2 Å². The summed E-state index contributed by atoms with van der Waals surface area (Å²) in [7, 11) is 1.40. The third kappa shape index (κ3) is 3.57. The fourth-order valence-electron chi connectivity index (χ4n) is 1.86. The molecule has 1 atom stereocenters. The summed E-state index contributed by atoms with van der Waals surface area (Å²) in [6.45, 7) is 8.63. The van der Waals surface area contributed by atoms with Crippen LogP contribution in [-0.4, -0.2) is 31.1 Å². The van der Waals surface area contributed by atoms with Crippen molar-refractivity contribution in [1.29, 1.82) is 0 Å². The van der Waals surface area contributed by atoms with Gasteiger partial charge in [0.15, 0.2) is 0 Å². The normalized spacial score (nSPS) is 11.9. The van der Waals surface area contributed by atoms with Crippen molar-refractivity contribution in [3.63, 3.8) is 0 Å². The molecule has 0 saturated heterocycles. The van der Waals surface area contributed by atoms with Gasteiger partial charge in [0.1, 0.15) is 6.04 Å². The Morgan fingerprint density at radius 3 is 2.28 bits per heavy atom. The van der Waals surface area contributed by atoms with Crippen LogP contribution in [0.25, 0.3) is 0 Å². The second-order valence-electron chi connectivity index (χ2n) is 3.87. The van der Waals surface area contributed by atoms with E-state index in [1.54, 1.807) is 12.2 Å². The summed E-state index contributed by atoms with van der Waals surface area (Å²) in [4.78, 5) is 13.9. The summed E-state index contributed by atoms with van der Waals surface area (Å²) in [6.07, 6.45) is 3.53. The van der Waals surface area contributed by atoms with Gasteiger partial charge < -0.3 is 4.74 Å². The van der Waals surface area contributed by atoms with E-state index >= 15 is 0 Å². The summed E-state index contributed by atoms with van der Waals surface area (Å²) in [5.41, 5.74) is 0.910. The van der Waals surface area contributed by atoms with E-state index in [1.165, 1.54) is 7.11 Å². The lowest BCUT2D eigenvalue weighted by atomic mass is 10.1. The second-order valence-corrected chi connectivity index (χ2v) is 3.87. The number of carbonyl (C=O) groups is 1. The molecule has 1 aromatic rings. The lowest BCUT2D eigenvalue weighted by Crippen LogP contribution is -2.35. The van der Waals surface area contributed by atoms with Gasteiger partial charge in [-0.25, -0.2) is 4.79 Å². The third-order valence-electron chi connectivity index (χ3n) is 2.63. The summed E-state index contributed by atoms with van der Waals surface area (Å²) in [5, 5.41) is 0. The SMILES string of the molecule is C=CCN(CC=C)C(C(=O)OC)c1ccccc1. The molecule has 0 amide bonds. The molecule has 18 heavy (non-hydrogen) atoms. The minimum atomic E-state index is -0.424. The van der Waals surface area contributed by atoms with Crippen molar-refractivity contribution >= 4 is 5.97 Å². The topological polar surface area (TPSA) is 29.5 Å². The minimum absolute atomic E-state index is 0.273. The van der Waals surface area contributed by atoms with E-state index < -0.39 is 6.04 Å². The monoisotopic (exact) mass is 245 g/mol. The van der Waals surface area contributed by atoms with Gasteiger partial charge in [-0.05, 0) is 5.56 Å². The molecule has 0 aliphatic rings. The molecule has 0 aliphatic heterocycles. The summed E-state index contributed by atoms with van der Waals surface area (Å²) in [5.74, 6) is -0.273. The zero-order valence-electron chi connectivity index (χ0n) is 10.7. The Labute approximate surface area is 108 Å². The van der Waals surface area contributed by atoms with E-state index in [4.69, 9.17) is 4.74 Å². The van der Waals surface area contributed by atoms with E-state index in [1.807, 2.05) is 35.2 Å². The largest absolute Gasteiger partial charge is 0.468 e. The zero-order valence-corrected chi connectivity index (χ0v) is 10.7. The van der Waals surface area contributed by atoms with Crippen LogP contribution >= 0.6 is 0 Å². The highest BCUT2D eigenvalue weighted by atomic mass is 16.5. The quantitative estimate of drug-likeness (QED) is 0.546. The maximum atomic E-state index is 12.0. The molecule has 0 N–H and O–H groups in total. The smallest absolute Gasteiger partial charge is 0.327 e. The molecule has 0 fully saturated rings. The molecule has 0 radical (unpaired) electrons. The van der Waals surface area contributed by atoms with Crippen LogP contribution in [0.4, 0.5) is 0 Å². The first-order valence-electron chi connectivity index (χ1n) is 5.83. The highest BCUT2D eigenvalue weighted by Gasteiger charge is 2.26. The standard InChI is InChI=1S/C15H19NO2/c1-4-11-16(12-5-2)14(15(17)18-3)13-9-7-6-8-10-13/h4-10,14H,1-2,11-12H2,3H3. The number of methoxy groups -OCH3 is 1. The molecule has 0 spiro atoms. The van der Waals surface area contributed by atoms with Gasteiger partial charge in [-0.2, -0.15) is 0 Å². The first-order chi connectivity index (χ1) is 8.74. The predicted molar refractivity (Wildman–Crippen MR) is 73.2 cm³/mol. The number of esters is 1. The van der Waals surface area contributed by atoms with E-state index in [2.05, 4.69) is 13.2 Å². The van der Waals surface area contributed by atoms with Gasteiger partial charge in [0, 0.05) is 13.1 Å². The number of ether oxygens (including phenoxy) is 1. The fourth-order valence-corrected chi connectivity index (χ4v) is 1.86. The van der Waals surface area contributed by atoms with Gasteiger partial charge in [-0.1, -0.05) is 42.5 Å². The van der Waals surface area contributed by atoms with Crippen molar-refractivity contribution in [2.45, 2.75) is 6.04 Å². The lowest BCUT2D eigenvalue weighted by Gasteiger charge is -2.27. The van der Waals surface area contributed by atoms with Gasteiger partial charge in [0.25, 0.3) is 0 Å². The Bertz CT molecular complexity index is 390. The highest BCUT2D eigenvalue weighted by molar-refractivity contribution is 5.77. The van der Waals surface area contributed by atoms with E-state index in [0.29, 0.717) is 13.1 Å². The van der Waals surface area contributed by atoms with Gasteiger partial charge in [0.05, 0.1) is 7.11 Å².